The zero-order chi connectivity index (χ0) is 14.0. The van der Waals surface area contributed by atoms with Crippen LogP contribution in [0.5, 0.6) is 0 Å². The summed E-state index contributed by atoms with van der Waals surface area (Å²) in [5.74, 6) is 0.252. The largest absolute Gasteiger partial charge is 0.240 e. The van der Waals surface area contributed by atoms with Crippen molar-refractivity contribution in [3.8, 4) is 0 Å². The van der Waals surface area contributed by atoms with Crippen LogP contribution < -0.4 is 4.72 Å². The summed E-state index contributed by atoms with van der Waals surface area (Å²) in [5, 5.41) is 0.0989. The normalized spacial score (nSPS) is 23.7. The van der Waals surface area contributed by atoms with E-state index in [1.54, 1.807) is 6.07 Å². The lowest BCUT2D eigenvalue weighted by Gasteiger charge is -2.15. The molecule has 0 aliphatic heterocycles. The highest BCUT2D eigenvalue weighted by molar-refractivity contribution is 7.89. The summed E-state index contributed by atoms with van der Waals surface area (Å²) in [5.41, 5.74) is 1.84. The zero-order valence-corrected chi connectivity index (χ0v) is 12.9. The van der Waals surface area contributed by atoms with Crippen molar-refractivity contribution in [3.63, 3.8) is 0 Å². The number of sulfonamides is 1. The fourth-order valence-corrected chi connectivity index (χ4v) is 4.31. The van der Waals surface area contributed by atoms with E-state index >= 15 is 0 Å². The van der Waals surface area contributed by atoms with Crippen molar-refractivity contribution in [2.24, 2.45) is 5.92 Å². The molecule has 0 aromatic heterocycles. The highest BCUT2D eigenvalue weighted by Crippen LogP contribution is 2.29. The number of hydrogen-bond acceptors (Lipinski definition) is 2. The summed E-state index contributed by atoms with van der Waals surface area (Å²) in [6.45, 7) is 4.21. The molecule has 1 N–H and O–H groups in total. The SMILES string of the molecule is Cc1ccc(S(=O)(=O)NCC2CCCC2Cl)c(C)c1. The molecule has 2 atom stereocenters. The van der Waals surface area contributed by atoms with E-state index in [4.69, 9.17) is 11.6 Å². The van der Waals surface area contributed by atoms with Crippen LogP contribution >= 0.6 is 11.6 Å². The van der Waals surface area contributed by atoms with Crippen LogP contribution in [-0.4, -0.2) is 20.3 Å². The molecular weight excluding hydrogens is 282 g/mol. The van der Waals surface area contributed by atoms with E-state index in [0.717, 1.165) is 30.4 Å². The van der Waals surface area contributed by atoms with Crippen LogP contribution in [0.1, 0.15) is 30.4 Å². The molecule has 1 aliphatic rings. The molecule has 2 rings (SSSR count). The summed E-state index contributed by atoms with van der Waals surface area (Å²) in [6, 6.07) is 5.37. The molecule has 0 amide bonds. The maximum Gasteiger partial charge on any atom is 0.240 e. The molecule has 3 nitrogen and oxygen atoms in total. The molecular formula is C14H20ClNO2S. The van der Waals surface area contributed by atoms with Crippen molar-refractivity contribution in [3.05, 3.63) is 29.3 Å². The molecule has 1 aromatic carbocycles. The van der Waals surface area contributed by atoms with E-state index in [1.165, 1.54) is 0 Å². The molecule has 2 unspecified atom stereocenters. The Kier molecular flexibility index (Phi) is 4.54. The van der Waals surface area contributed by atoms with Gasteiger partial charge in [0.1, 0.15) is 0 Å². The average Bonchev–Trinajstić information content (AvgIpc) is 2.72. The van der Waals surface area contributed by atoms with E-state index in [-0.39, 0.29) is 11.3 Å². The maximum absolute atomic E-state index is 12.3. The second kappa shape index (κ2) is 5.81. The molecule has 0 radical (unpaired) electrons. The number of aryl methyl sites for hydroxylation is 2. The fourth-order valence-electron chi connectivity index (χ4n) is 2.62. The van der Waals surface area contributed by atoms with Gasteiger partial charge in [0.2, 0.25) is 10.0 Å². The Labute approximate surface area is 120 Å². The van der Waals surface area contributed by atoms with Crippen LogP contribution in [0.15, 0.2) is 23.1 Å². The van der Waals surface area contributed by atoms with E-state index < -0.39 is 10.0 Å². The van der Waals surface area contributed by atoms with Gasteiger partial charge in [0.25, 0.3) is 0 Å². The van der Waals surface area contributed by atoms with Crippen molar-refractivity contribution in [1.82, 2.24) is 4.72 Å². The average molecular weight is 302 g/mol. The highest BCUT2D eigenvalue weighted by atomic mass is 35.5. The molecule has 1 saturated carbocycles. The molecule has 0 saturated heterocycles. The quantitative estimate of drug-likeness (QED) is 0.869. The van der Waals surface area contributed by atoms with Crippen LogP contribution in [0, 0.1) is 19.8 Å². The summed E-state index contributed by atoms with van der Waals surface area (Å²) in [6.07, 6.45) is 3.07. The van der Waals surface area contributed by atoms with Gasteiger partial charge in [-0.3, -0.25) is 0 Å². The third-order valence-corrected chi connectivity index (χ3v) is 5.88. The topological polar surface area (TPSA) is 46.2 Å². The van der Waals surface area contributed by atoms with Gasteiger partial charge in [-0.2, -0.15) is 0 Å². The van der Waals surface area contributed by atoms with Gasteiger partial charge in [-0.05, 0) is 44.2 Å². The first-order valence-corrected chi connectivity index (χ1v) is 8.53. The van der Waals surface area contributed by atoms with Crippen molar-refractivity contribution < 1.29 is 8.42 Å². The zero-order valence-electron chi connectivity index (χ0n) is 11.3. The number of rotatable bonds is 4. The first-order valence-electron chi connectivity index (χ1n) is 6.61. The van der Waals surface area contributed by atoms with Crippen LogP contribution in [0.3, 0.4) is 0 Å². The van der Waals surface area contributed by atoms with Crippen molar-refractivity contribution in [2.75, 3.05) is 6.54 Å². The Hall–Kier alpha value is -0.580. The second-order valence-corrected chi connectivity index (χ2v) is 7.62. The monoisotopic (exact) mass is 301 g/mol. The molecule has 5 heteroatoms. The Morgan fingerprint density at radius 2 is 2.05 bits per heavy atom. The van der Waals surface area contributed by atoms with Crippen molar-refractivity contribution in [1.29, 1.82) is 0 Å². The fraction of sp³-hybridized carbons (Fsp3) is 0.571. The summed E-state index contributed by atoms with van der Waals surface area (Å²) >= 11 is 6.17. The summed E-state index contributed by atoms with van der Waals surface area (Å²) in [7, 11) is -3.43. The minimum Gasteiger partial charge on any atom is -0.211 e. The second-order valence-electron chi connectivity index (χ2n) is 5.33. The molecule has 1 fully saturated rings. The number of alkyl halides is 1. The van der Waals surface area contributed by atoms with Gasteiger partial charge in [-0.15, -0.1) is 11.6 Å². The minimum absolute atomic E-state index is 0.0989. The molecule has 1 aromatic rings. The lowest BCUT2D eigenvalue weighted by Crippen LogP contribution is -2.31. The van der Waals surface area contributed by atoms with Crippen molar-refractivity contribution in [2.45, 2.75) is 43.4 Å². The Morgan fingerprint density at radius 1 is 1.32 bits per heavy atom. The summed E-state index contributed by atoms with van der Waals surface area (Å²) < 4.78 is 27.2. The first-order chi connectivity index (χ1) is 8.90. The highest BCUT2D eigenvalue weighted by Gasteiger charge is 2.27. The molecule has 0 spiro atoms. The van der Waals surface area contributed by atoms with Gasteiger partial charge < -0.3 is 0 Å². The van der Waals surface area contributed by atoms with Crippen LogP contribution in [-0.2, 0) is 10.0 Å². The molecule has 1 aliphatic carbocycles. The van der Waals surface area contributed by atoms with E-state index in [9.17, 15) is 8.42 Å². The summed E-state index contributed by atoms with van der Waals surface area (Å²) in [4.78, 5) is 0.363. The van der Waals surface area contributed by atoms with Crippen molar-refractivity contribution >= 4 is 21.6 Å². The number of nitrogens with one attached hydrogen (secondary N) is 1. The Morgan fingerprint density at radius 3 is 2.63 bits per heavy atom. The molecule has 0 heterocycles. The van der Waals surface area contributed by atoms with Crippen LogP contribution in [0.2, 0.25) is 0 Å². The Balaban J connectivity index is 2.09. The van der Waals surface area contributed by atoms with Gasteiger partial charge >= 0.3 is 0 Å². The maximum atomic E-state index is 12.3. The number of hydrogen-bond donors (Lipinski definition) is 1. The van der Waals surface area contributed by atoms with Gasteiger partial charge in [0, 0.05) is 11.9 Å². The van der Waals surface area contributed by atoms with Gasteiger partial charge in [-0.1, -0.05) is 24.1 Å². The molecule has 19 heavy (non-hydrogen) atoms. The lowest BCUT2D eigenvalue weighted by molar-refractivity contribution is 0.523. The minimum atomic E-state index is -3.43. The Bertz CT molecular complexity index is 557. The van der Waals surface area contributed by atoms with E-state index in [1.807, 2.05) is 26.0 Å². The van der Waals surface area contributed by atoms with Gasteiger partial charge in [0.05, 0.1) is 4.90 Å². The van der Waals surface area contributed by atoms with Gasteiger partial charge in [-0.25, -0.2) is 13.1 Å². The smallest absolute Gasteiger partial charge is 0.211 e. The predicted molar refractivity (Wildman–Crippen MR) is 78.1 cm³/mol. The predicted octanol–water partition coefficient (Wildman–Crippen LogP) is 2.99. The molecule has 0 bridgehead atoms. The third-order valence-electron chi connectivity index (χ3n) is 3.72. The molecule has 106 valence electrons. The van der Waals surface area contributed by atoms with Gasteiger partial charge in [0.15, 0.2) is 0 Å². The third kappa shape index (κ3) is 3.50. The van der Waals surface area contributed by atoms with E-state index in [2.05, 4.69) is 4.72 Å². The number of benzene rings is 1. The van der Waals surface area contributed by atoms with Crippen LogP contribution in [0.25, 0.3) is 0 Å². The standard InChI is InChI=1S/C14H20ClNO2S/c1-10-6-7-14(11(2)8-10)19(17,18)16-9-12-4-3-5-13(12)15/h6-8,12-13,16H,3-5,9H2,1-2H3. The first kappa shape index (κ1) is 14.8. The number of halogens is 1. The lowest BCUT2D eigenvalue weighted by atomic mass is 10.1. The van der Waals surface area contributed by atoms with Crippen LogP contribution in [0.4, 0.5) is 0 Å². The van der Waals surface area contributed by atoms with E-state index in [0.29, 0.717) is 11.4 Å².